The number of anilines is 2. The number of carbonyl (C=O) groups excluding carboxylic acids is 3. The fourth-order valence-corrected chi connectivity index (χ4v) is 6.14. The molecular formula is C28H33N3O3S. The van der Waals surface area contributed by atoms with Crippen molar-refractivity contribution < 1.29 is 14.4 Å². The summed E-state index contributed by atoms with van der Waals surface area (Å²) in [5.74, 6) is -0.463. The zero-order chi connectivity index (χ0) is 25.5. The molecule has 35 heavy (non-hydrogen) atoms. The Labute approximate surface area is 211 Å². The van der Waals surface area contributed by atoms with Crippen LogP contribution in [0.5, 0.6) is 0 Å². The highest BCUT2D eigenvalue weighted by Gasteiger charge is 2.38. The fourth-order valence-electron chi connectivity index (χ4n) is 5.31. The van der Waals surface area contributed by atoms with Gasteiger partial charge in [-0.05, 0) is 100 Å². The molecule has 1 saturated heterocycles. The Bertz CT molecular complexity index is 1200. The van der Waals surface area contributed by atoms with Crippen LogP contribution >= 0.6 is 11.8 Å². The van der Waals surface area contributed by atoms with Crippen molar-refractivity contribution in [2.75, 3.05) is 16.8 Å². The molecule has 1 atom stereocenters. The second kappa shape index (κ2) is 9.53. The smallest absolute Gasteiger partial charge is 0.294 e. The van der Waals surface area contributed by atoms with Crippen molar-refractivity contribution >= 4 is 46.3 Å². The second-order valence-corrected chi connectivity index (χ2v) is 11.4. The van der Waals surface area contributed by atoms with Gasteiger partial charge in [0.2, 0.25) is 5.91 Å². The van der Waals surface area contributed by atoms with E-state index in [-0.39, 0.29) is 12.1 Å². The molecule has 2 aliphatic heterocycles. The molecule has 184 valence electrons. The van der Waals surface area contributed by atoms with E-state index in [1.54, 1.807) is 18.2 Å². The highest BCUT2D eigenvalue weighted by Crippen LogP contribution is 2.45. The number of aryl methyl sites for hydroxylation is 1. The quantitative estimate of drug-likeness (QED) is 0.507. The van der Waals surface area contributed by atoms with Crippen LogP contribution < -0.4 is 10.2 Å². The summed E-state index contributed by atoms with van der Waals surface area (Å²) in [5, 5.41) is 2.31. The molecule has 2 aliphatic rings. The van der Waals surface area contributed by atoms with E-state index in [0.717, 1.165) is 34.2 Å². The molecule has 0 aromatic heterocycles. The largest absolute Gasteiger partial charge is 0.364 e. The van der Waals surface area contributed by atoms with Crippen molar-refractivity contribution in [3.63, 3.8) is 0 Å². The van der Waals surface area contributed by atoms with Crippen molar-refractivity contribution in [1.29, 1.82) is 0 Å². The molecule has 0 bridgehead atoms. The topological polar surface area (TPSA) is 69.7 Å². The van der Waals surface area contributed by atoms with Crippen LogP contribution in [0, 0.1) is 6.92 Å². The van der Waals surface area contributed by atoms with Gasteiger partial charge in [0.1, 0.15) is 6.54 Å². The number of imide groups is 1. The van der Waals surface area contributed by atoms with Gasteiger partial charge < -0.3 is 10.2 Å². The van der Waals surface area contributed by atoms with E-state index in [0.29, 0.717) is 22.6 Å². The van der Waals surface area contributed by atoms with E-state index >= 15 is 0 Å². The lowest BCUT2D eigenvalue weighted by Crippen LogP contribution is -2.51. The Morgan fingerprint density at radius 2 is 1.86 bits per heavy atom. The number of thioether (sulfide) groups is 1. The van der Waals surface area contributed by atoms with Crippen molar-refractivity contribution in [2.24, 2.45) is 0 Å². The molecular weight excluding hydrogens is 458 g/mol. The van der Waals surface area contributed by atoms with Crippen LogP contribution in [0.4, 0.5) is 16.2 Å². The molecule has 7 heteroatoms. The molecule has 2 heterocycles. The molecule has 0 radical (unpaired) electrons. The van der Waals surface area contributed by atoms with Gasteiger partial charge in [-0.15, -0.1) is 0 Å². The van der Waals surface area contributed by atoms with Gasteiger partial charge in [0.05, 0.1) is 4.91 Å². The Morgan fingerprint density at radius 1 is 1.17 bits per heavy atom. The standard InChI is InChI=1S/C28H33N3O3S/c1-17(2)31-23-12-9-20(13-22(23)19(4)15-28(31,5)6)14-24-26(33)30(27(34)35-24)16-25(32)29-21-10-7-18(3)8-11-21/h7-14,17,19H,15-16H2,1-6H3,(H,29,32)/b24-14-/t19-/m1/s1. The van der Waals surface area contributed by atoms with Crippen molar-refractivity contribution in [3.05, 3.63) is 64.1 Å². The van der Waals surface area contributed by atoms with E-state index in [2.05, 4.69) is 57.0 Å². The number of carbonyl (C=O) groups is 3. The number of nitrogens with zero attached hydrogens (tertiary/aromatic N) is 2. The van der Waals surface area contributed by atoms with Gasteiger partial charge in [0.15, 0.2) is 0 Å². The summed E-state index contributed by atoms with van der Waals surface area (Å²) in [6.45, 7) is 12.9. The van der Waals surface area contributed by atoms with Crippen LogP contribution in [-0.2, 0) is 9.59 Å². The van der Waals surface area contributed by atoms with Crippen molar-refractivity contribution in [1.82, 2.24) is 4.90 Å². The summed E-state index contributed by atoms with van der Waals surface area (Å²) >= 11 is 0.878. The average Bonchev–Trinajstić information content (AvgIpc) is 3.02. The molecule has 0 aliphatic carbocycles. The van der Waals surface area contributed by atoms with Gasteiger partial charge in [-0.2, -0.15) is 0 Å². The van der Waals surface area contributed by atoms with Gasteiger partial charge in [0, 0.05) is 23.0 Å². The van der Waals surface area contributed by atoms with Gasteiger partial charge in [-0.3, -0.25) is 19.3 Å². The minimum absolute atomic E-state index is 0.0594. The SMILES string of the molecule is Cc1ccc(NC(=O)CN2C(=O)S/C(=C\c3ccc4c(c3)[C@H](C)CC(C)(C)N4C(C)C)C2=O)cc1. The maximum atomic E-state index is 13.0. The van der Waals surface area contributed by atoms with Gasteiger partial charge in [0.25, 0.3) is 11.1 Å². The fraction of sp³-hybridized carbons (Fsp3) is 0.393. The van der Waals surface area contributed by atoms with Crippen molar-refractivity contribution in [2.45, 2.75) is 65.5 Å². The number of fused-ring (bicyclic) bond motifs is 1. The number of rotatable bonds is 5. The Morgan fingerprint density at radius 3 is 2.51 bits per heavy atom. The lowest BCUT2D eigenvalue weighted by atomic mass is 9.79. The Hall–Kier alpha value is -3.06. The van der Waals surface area contributed by atoms with E-state index in [9.17, 15) is 14.4 Å². The third kappa shape index (κ3) is 5.15. The third-order valence-corrected chi connectivity index (χ3v) is 7.53. The van der Waals surface area contributed by atoms with Gasteiger partial charge >= 0.3 is 0 Å². The average molecular weight is 492 g/mol. The number of nitrogens with one attached hydrogen (secondary N) is 1. The number of benzene rings is 2. The van der Waals surface area contributed by atoms with Crippen LogP contribution in [0.25, 0.3) is 6.08 Å². The predicted octanol–water partition coefficient (Wildman–Crippen LogP) is 6.17. The van der Waals surface area contributed by atoms with E-state index in [1.807, 2.05) is 25.1 Å². The van der Waals surface area contributed by atoms with Crippen LogP contribution in [0.1, 0.15) is 63.6 Å². The highest BCUT2D eigenvalue weighted by molar-refractivity contribution is 8.18. The Balaban J connectivity index is 1.52. The van der Waals surface area contributed by atoms with E-state index < -0.39 is 17.1 Å². The van der Waals surface area contributed by atoms with Crippen LogP contribution in [0.3, 0.4) is 0 Å². The monoisotopic (exact) mass is 491 g/mol. The van der Waals surface area contributed by atoms with E-state index in [1.165, 1.54) is 11.3 Å². The first-order valence-electron chi connectivity index (χ1n) is 12.0. The lowest BCUT2D eigenvalue weighted by Gasteiger charge is -2.50. The molecule has 1 N–H and O–H groups in total. The van der Waals surface area contributed by atoms with Gasteiger partial charge in [-0.25, -0.2) is 0 Å². The predicted molar refractivity (Wildman–Crippen MR) is 144 cm³/mol. The summed E-state index contributed by atoms with van der Waals surface area (Å²) in [6.07, 6.45) is 2.80. The summed E-state index contributed by atoms with van der Waals surface area (Å²) in [4.78, 5) is 41.8. The first-order valence-corrected chi connectivity index (χ1v) is 12.8. The molecule has 3 amide bonds. The molecule has 2 aromatic carbocycles. The minimum Gasteiger partial charge on any atom is -0.364 e. The van der Waals surface area contributed by atoms with Gasteiger partial charge in [-0.1, -0.05) is 30.7 Å². The normalized spacial score (nSPS) is 20.5. The zero-order valence-corrected chi connectivity index (χ0v) is 22.0. The second-order valence-electron chi connectivity index (χ2n) is 10.4. The molecule has 0 spiro atoms. The van der Waals surface area contributed by atoms with Crippen LogP contribution in [-0.4, -0.2) is 40.1 Å². The molecule has 2 aromatic rings. The number of amides is 3. The first-order chi connectivity index (χ1) is 16.5. The molecule has 1 fully saturated rings. The number of hydrogen-bond donors (Lipinski definition) is 1. The Kier molecular flexibility index (Phi) is 6.82. The van der Waals surface area contributed by atoms with Crippen LogP contribution in [0.15, 0.2) is 47.4 Å². The maximum Gasteiger partial charge on any atom is 0.294 e. The van der Waals surface area contributed by atoms with Crippen LogP contribution in [0.2, 0.25) is 0 Å². The number of hydrogen-bond acceptors (Lipinski definition) is 5. The minimum atomic E-state index is -0.435. The summed E-state index contributed by atoms with van der Waals surface area (Å²) in [6, 6.07) is 14.0. The summed E-state index contributed by atoms with van der Waals surface area (Å²) < 4.78 is 0. The summed E-state index contributed by atoms with van der Waals surface area (Å²) in [5.41, 5.74) is 5.13. The summed E-state index contributed by atoms with van der Waals surface area (Å²) in [7, 11) is 0. The van der Waals surface area contributed by atoms with E-state index in [4.69, 9.17) is 0 Å². The lowest BCUT2D eigenvalue weighted by molar-refractivity contribution is -0.127. The maximum absolute atomic E-state index is 13.0. The first kappa shape index (κ1) is 25.0. The molecule has 6 nitrogen and oxygen atoms in total. The third-order valence-electron chi connectivity index (χ3n) is 6.62. The van der Waals surface area contributed by atoms with Crippen molar-refractivity contribution in [3.8, 4) is 0 Å². The zero-order valence-electron chi connectivity index (χ0n) is 21.2. The molecule has 0 unspecified atom stereocenters. The highest BCUT2D eigenvalue weighted by atomic mass is 32.2. The molecule has 4 rings (SSSR count). The molecule has 0 saturated carbocycles.